The number of ether oxygens (including phenoxy) is 1. The lowest BCUT2D eigenvalue weighted by molar-refractivity contribution is 0.0693. The van der Waals surface area contributed by atoms with E-state index in [-0.39, 0.29) is 17.0 Å². The Balaban J connectivity index is 1.93. The van der Waals surface area contributed by atoms with E-state index in [9.17, 15) is 14.7 Å². The van der Waals surface area contributed by atoms with Gasteiger partial charge in [0.2, 0.25) is 0 Å². The minimum absolute atomic E-state index is 0.130. The van der Waals surface area contributed by atoms with E-state index in [4.69, 9.17) is 21.4 Å². The SMILES string of the molecule is CC(C)COc1ccccc1-c1nn2c(c1Cl)-c1cc(=O)c(C(=O)O)cn1[C@H](C(C)(C)C)C2. The Morgan fingerprint density at radius 3 is 2.64 bits per heavy atom. The summed E-state index contributed by atoms with van der Waals surface area (Å²) >= 11 is 6.89. The number of rotatable bonds is 5. The van der Waals surface area contributed by atoms with Gasteiger partial charge in [-0.25, -0.2) is 4.79 Å². The first-order chi connectivity index (χ1) is 15.5. The van der Waals surface area contributed by atoms with Crippen LogP contribution in [0.5, 0.6) is 5.75 Å². The van der Waals surface area contributed by atoms with Crippen molar-refractivity contribution in [2.45, 2.75) is 47.2 Å². The lowest BCUT2D eigenvalue weighted by atomic mass is 9.85. The van der Waals surface area contributed by atoms with Crippen molar-refractivity contribution in [3.8, 4) is 28.4 Å². The molecule has 3 heterocycles. The molecule has 33 heavy (non-hydrogen) atoms. The van der Waals surface area contributed by atoms with Crippen LogP contribution in [0.15, 0.2) is 41.3 Å². The first-order valence-electron chi connectivity index (χ1n) is 11.0. The molecular weight excluding hydrogens is 442 g/mol. The molecule has 7 nitrogen and oxygen atoms in total. The molecule has 1 N–H and O–H groups in total. The lowest BCUT2D eigenvalue weighted by Crippen LogP contribution is -2.35. The summed E-state index contributed by atoms with van der Waals surface area (Å²) in [5.74, 6) is -0.196. The molecule has 2 aromatic heterocycles. The summed E-state index contributed by atoms with van der Waals surface area (Å²) in [4.78, 5) is 24.2. The second-order valence-electron chi connectivity index (χ2n) is 9.93. The first-order valence-corrected chi connectivity index (χ1v) is 11.3. The van der Waals surface area contributed by atoms with Crippen LogP contribution in [0.3, 0.4) is 0 Å². The molecule has 0 amide bonds. The van der Waals surface area contributed by atoms with Crippen molar-refractivity contribution in [3.63, 3.8) is 0 Å². The smallest absolute Gasteiger partial charge is 0.341 e. The number of pyridine rings is 1. The maximum absolute atomic E-state index is 12.6. The maximum Gasteiger partial charge on any atom is 0.341 e. The quantitative estimate of drug-likeness (QED) is 0.543. The molecule has 0 aliphatic carbocycles. The van der Waals surface area contributed by atoms with Gasteiger partial charge in [-0.1, -0.05) is 58.4 Å². The molecule has 0 fully saturated rings. The second kappa shape index (κ2) is 8.37. The van der Waals surface area contributed by atoms with Gasteiger partial charge in [0.1, 0.15) is 22.7 Å². The number of carboxylic acid groups (broad SMARTS) is 1. The van der Waals surface area contributed by atoms with Crippen LogP contribution >= 0.6 is 11.6 Å². The number of carboxylic acids is 1. The number of benzene rings is 1. The van der Waals surface area contributed by atoms with Crippen LogP contribution in [0, 0.1) is 11.3 Å². The van der Waals surface area contributed by atoms with Gasteiger partial charge in [-0.2, -0.15) is 5.10 Å². The van der Waals surface area contributed by atoms with Crippen molar-refractivity contribution >= 4 is 17.6 Å². The predicted molar refractivity (Wildman–Crippen MR) is 128 cm³/mol. The molecule has 1 atom stereocenters. The van der Waals surface area contributed by atoms with Crippen molar-refractivity contribution in [2.24, 2.45) is 11.3 Å². The molecule has 0 radical (unpaired) electrons. The third kappa shape index (κ3) is 4.17. The number of carbonyl (C=O) groups is 1. The molecule has 0 saturated carbocycles. The van der Waals surface area contributed by atoms with Crippen LogP contribution in [0.4, 0.5) is 0 Å². The van der Waals surface area contributed by atoms with Crippen LogP contribution in [0.2, 0.25) is 5.02 Å². The lowest BCUT2D eigenvalue weighted by Gasteiger charge is -2.38. The van der Waals surface area contributed by atoms with Gasteiger partial charge < -0.3 is 14.4 Å². The average Bonchev–Trinajstić information content (AvgIpc) is 3.07. The van der Waals surface area contributed by atoms with E-state index in [2.05, 4.69) is 34.6 Å². The Kier molecular flexibility index (Phi) is 5.86. The molecule has 8 heteroatoms. The molecule has 4 rings (SSSR count). The summed E-state index contributed by atoms with van der Waals surface area (Å²) in [6.45, 7) is 11.4. The number of para-hydroxylation sites is 1. The number of halogens is 1. The number of fused-ring (bicyclic) bond motifs is 3. The van der Waals surface area contributed by atoms with Crippen LogP contribution in [0.25, 0.3) is 22.6 Å². The Bertz CT molecular complexity index is 1280. The highest BCUT2D eigenvalue weighted by Gasteiger charge is 2.36. The molecule has 3 aromatic rings. The molecule has 1 aromatic carbocycles. The van der Waals surface area contributed by atoms with Gasteiger partial charge in [0.05, 0.1) is 29.9 Å². The van der Waals surface area contributed by atoms with Crippen molar-refractivity contribution in [1.29, 1.82) is 0 Å². The molecule has 0 unspecified atom stereocenters. The second-order valence-corrected chi connectivity index (χ2v) is 10.3. The summed E-state index contributed by atoms with van der Waals surface area (Å²) in [6.07, 6.45) is 1.43. The van der Waals surface area contributed by atoms with E-state index in [1.165, 1.54) is 12.3 Å². The molecule has 0 saturated heterocycles. The zero-order chi connectivity index (χ0) is 24.1. The van der Waals surface area contributed by atoms with Crippen LogP contribution in [-0.2, 0) is 6.54 Å². The monoisotopic (exact) mass is 469 g/mol. The van der Waals surface area contributed by atoms with E-state index in [1.807, 2.05) is 33.5 Å². The zero-order valence-electron chi connectivity index (χ0n) is 19.4. The Labute approximate surface area is 197 Å². The number of nitrogens with zero attached hydrogens (tertiary/aromatic N) is 3. The Morgan fingerprint density at radius 1 is 1.30 bits per heavy atom. The van der Waals surface area contributed by atoms with Gasteiger partial charge in [0, 0.05) is 17.8 Å². The normalized spacial score (nSPS) is 15.3. The van der Waals surface area contributed by atoms with Crippen molar-refractivity contribution < 1.29 is 14.6 Å². The average molecular weight is 470 g/mol. The summed E-state index contributed by atoms with van der Waals surface area (Å²) in [7, 11) is 0. The topological polar surface area (TPSA) is 86.3 Å². The van der Waals surface area contributed by atoms with E-state index < -0.39 is 11.4 Å². The Morgan fingerprint density at radius 2 is 2.00 bits per heavy atom. The fourth-order valence-electron chi connectivity index (χ4n) is 4.13. The van der Waals surface area contributed by atoms with Crippen molar-refractivity contribution in [3.05, 3.63) is 57.3 Å². The summed E-state index contributed by atoms with van der Waals surface area (Å²) in [6, 6.07) is 8.84. The van der Waals surface area contributed by atoms with Gasteiger partial charge in [0.25, 0.3) is 0 Å². The molecular formula is C25H28ClN3O4. The first kappa shape index (κ1) is 23.1. The fourth-order valence-corrected chi connectivity index (χ4v) is 4.47. The number of aromatic nitrogens is 3. The van der Waals surface area contributed by atoms with Crippen molar-refractivity contribution in [2.75, 3.05) is 6.61 Å². The molecule has 0 spiro atoms. The number of aromatic carboxylic acids is 1. The number of hydrogen-bond donors (Lipinski definition) is 1. The van der Waals surface area contributed by atoms with Crippen LogP contribution in [0.1, 0.15) is 51.0 Å². The van der Waals surface area contributed by atoms with E-state index >= 15 is 0 Å². The maximum atomic E-state index is 12.6. The van der Waals surface area contributed by atoms with Gasteiger partial charge in [0.15, 0.2) is 5.43 Å². The summed E-state index contributed by atoms with van der Waals surface area (Å²) < 4.78 is 9.70. The zero-order valence-corrected chi connectivity index (χ0v) is 20.2. The molecule has 174 valence electrons. The highest BCUT2D eigenvalue weighted by molar-refractivity contribution is 6.35. The van der Waals surface area contributed by atoms with Gasteiger partial charge in [-0.05, 0) is 23.5 Å². The highest BCUT2D eigenvalue weighted by atomic mass is 35.5. The van der Waals surface area contributed by atoms with E-state index in [0.29, 0.717) is 46.9 Å². The van der Waals surface area contributed by atoms with Gasteiger partial charge in [-0.15, -0.1) is 0 Å². The van der Waals surface area contributed by atoms with Gasteiger partial charge in [-0.3, -0.25) is 9.48 Å². The standard InChI is InChI=1S/C25H28ClN3O4/c1-14(2)13-33-19-9-7-6-8-15(19)22-21(26)23-17-10-18(30)16(24(31)32)11-28(17)20(25(3,4)5)12-29(23)27-22/h6-11,14,20H,12-13H2,1-5H3,(H,31,32)/t20-/m0/s1. The van der Waals surface area contributed by atoms with E-state index in [0.717, 1.165) is 5.56 Å². The van der Waals surface area contributed by atoms with Gasteiger partial charge >= 0.3 is 5.97 Å². The summed E-state index contributed by atoms with van der Waals surface area (Å²) in [5, 5.41) is 14.7. The largest absolute Gasteiger partial charge is 0.493 e. The van der Waals surface area contributed by atoms with Crippen molar-refractivity contribution in [1.82, 2.24) is 14.3 Å². The highest BCUT2D eigenvalue weighted by Crippen LogP contribution is 2.45. The van der Waals surface area contributed by atoms with Crippen LogP contribution < -0.4 is 10.2 Å². The molecule has 0 bridgehead atoms. The fraction of sp³-hybridized carbons (Fsp3) is 0.400. The van der Waals surface area contributed by atoms with Crippen LogP contribution in [-0.4, -0.2) is 32.0 Å². The third-order valence-electron chi connectivity index (χ3n) is 5.84. The molecule has 1 aliphatic heterocycles. The Hall–Kier alpha value is -3.06. The molecule has 1 aliphatic rings. The predicted octanol–water partition coefficient (Wildman–Crippen LogP) is 5.37. The minimum atomic E-state index is -1.25. The minimum Gasteiger partial charge on any atom is -0.493 e. The summed E-state index contributed by atoms with van der Waals surface area (Å²) in [5.41, 5.74) is 1.45. The third-order valence-corrected chi connectivity index (χ3v) is 6.20. The number of hydrogen-bond acceptors (Lipinski definition) is 4. The van der Waals surface area contributed by atoms with E-state index in [1.54, 1.807) is 0 Å².